The van der Waals surface area contributed by atoms with Crippen molar-refractivity contribution in [3.05, 3.63) is 95.3 Å². The maximum Gasteiger partial charge on any atom is 0.534 e. The van der Waals surface area contributed by atoms with Crippen LogP contribution in [0.5, 0.6) is 0 Å². The summed E-state index contributed by atoms with van der Waals surface area (Å²) in [6, 6.07) is 22.5. The van der Waals surface area contributed by atoms with Crippen LogP contribution in [0.3, 0.4) is 0 Å². The first-order valence-electron chi connectivity index (χ1n) is 9.55. The first-order valence-corrected chi connectivity index (χ1v) is 11.0. The Morgan fingerprint density at radius 1 is 0.935 bits per heavy atom. The third-order valence-electron chi connectivity index (χ3n) is 5.24. The van der Waals surface area contributed by atoms with Gasteiger partial charge >= 0.3 is 15.6 Å². The lowest BCUT2D eigenvalue weighted by molar-refractivity contribution is -0.0522. The Labute approximate surface area is 178 Å². The van der Waals surface area contributed by atoms with E-state index >= 15 is 0 Å². The maximum absolute atomic E-state index is 12.9. The van der Waals surface area contributed by atoms with Crippen molar-refractivity contribution < 1.29 is 30.5 Å². The summed E-state index contributed by atoms with van der Waals surface area (Å²) in [6.07, 6.45) is -0.973. The molecule has 0 saturated carbocycles. The molecule has 162 valence electrons. The Balaban J connectivity index is 1.77. The molecule has 0 aliphatic carbocycles. The summed E-state index contributed by atoms with van der Waals surface area (Å²) in [5, 5.41) is 1.94. The number of rotatable bonds is 4. The lowest BCUT2D eigenvalue weighted by Gasteiger charge is -2.17. The first kappa shape index (κ1) is 21.4. The van der Waals surface area contributed by atoms with Crippen molar-refractivity contribution in [1.82, 2.24) is 0 Å². The van der Waals surface area contributed by atoms with Gasteiger partial charge < -0.3 is 8.92 Å². The van der Waals surface area contributed by atoms with Gasteiger partial charge in [-0.1, -0.05) is 66.7 Å². The monoisotopic (exact) mass is 448 g/mol. The highest BCUT2D eigenvalue weighted by molar-refractivity contribution is 7.87. The van der Waals surface area contributed by atoms with Gasteiger partial charge in [-0.25, -0.2) is 0 Å². The molecule has 8 heteroatoms. The molecule has 0 spiro atoms. The minimum Gasteiger partial charge on any atom is -0.381 e. The zero-order valence-electron chi connectivity index (χ0n) is 16.5. The van der Waals surface area contributed by atoms with E-state index in [4.69, 9.17) is 4.74 Å². The van der Waals surface area contributed by atoms with Crippen molar-refractivity contribution in [2.45, 2.75) is 31.1 Å². The fourth-order valence-corrected chi connectivity index (χ4v) is 4.24. The molecule has 0 N–H and O–H groups in total. The minimum atomic E-state index is -5.77. The summed E-state index contributed by atoms with van der Waals surface area (Å²) >= 11 is 0. The van der Waals surface area contributed by atoms with Gasteiger partial charge in [-0.3, -0.25) is 0 Å². The maximum atomic E-state index is 12.9. The third-order valence-corrected chi connectivity index (χ3v) is 6.28. The van der Waals surface area contributed by atoms with Gasteiger partial charge in [0.2, 0.25) is 0 Å². The zero-order valence-corrected chi connectivity index (χ0v) is 17.3. The lowest BCUT2D eigenvalue weighted by Crippen LogP contribution is -2.25. The van der Waals surface area contributed by atoms with Gasteiger partial charge in [0.25, 0.3) is 0 Å². The van der Waals surface area contributed by atoms with Crippen LogP contribution in [0.25, 0.3) is 10.8 Å². The van der Waals surface area contributed by atoms with E-state index in [0.29, 0.717) is 11.1 Å². The van der Waals surface area contributed by atoms with E-state index < -0.39 is 27.8 Å². The number of ether oxygens (including phenoxy) is 1. The standard InChI is InChI=1S/C23H19F3O4S/c1-15(30-31(27,28)23(24,25)26)20-14-21(17-8-3-2-4-9-17)29-22(20)19-12-11-16-7-5-6-10-18(16)13-19/h2-13,21-22H,14H2,1H3/t21-,22-/m1/s1. The van der Waals surface area contributed by atoms with E-state index in [2.05, 4.69) is 4.18 Å². The summed E-state index contributed by atoms with van der Waals surface area (Å²) in [5.41, 5.74) is -3.60. The predicted octanol–water partition coefficient (Wildman–Crippen LogP) is 6.18. The summed E-state index contributed by atoms with van der Waals surface area (Å²) < 4.78 is 72.3. The molecular formula is C23H19F3O4S. The molecule has 3 aromatic rings. The number of alkyl halides is 3. The highest BCUT2D eigenvalue weighted by Gasteiger charge is 2.49. The van der Waals surface area contributed by atoms with Gasteiger partial charge in [0.1, 0.15) is 11.9 Å². The molecule has 4 nitrogen and oxygen atoms in total. The minimum absolute atomic E-state index is 0.209. The number of hydrogen-bond donors (Lipinski definition) is 0. The number of allylic oxidation sites excluding steroid dienone is 1. The Morgan fingerprint density at radius 2 is 1.58 bits per heavy atom. The molecule has 1 heterocycles. The van der Waals surface area contributed by atoms with Crippen LogP contribution in [0.2, 0.25) is 0 Å². The molecule has 0 amide bonds. The fourth-order valence-electron chi connectivity index (χ4n) is 3.71. The molecule has 31 heavy (non-hydrogen) atoms. The molecule has 1 saturated heterocycles. The summed E-state index contributed by atoms with van der Waals surface area (Å²) in [7, 11) is -5.77. The van der Waals surface area contributed by atoms with Crippen LogP contribution in [0, 0.1) is 0 Å². The highest BCUT2D eigenvalue weighted by atomic mass is 32.2. The Hall–Kier alpha value is -2.84. The largest absolute Gasteiger partial charge is 0.534 e. The summed E-state index contributed by atoms with van der Waals surface area (Å²) in [5.74, 6) is -0.325. The quantitative estimate of drug-likeness (QED) is 0.272. The predicted molar refractivity (Wildman–Crippen MR) is 110 cm³/mol. The van der Waals surface area contributed by atoms with Crippen LogP contribution >= 0.6 is 0 Å². The second-order valence-corrected chi connectivity index (χ2v) is 8.83. The Kier molecular flexibility index (Phi) is 5.53. The van der Waals surface area contributed by atoms with Crippen molar-refractivity contribution in [3.63, 3.8) is 0 Å². The van der Waals surface area contributed by atoms with Crippen LogP contribution in [-0.4, -0.2) is 13.9 Å². The molecule has 1 aliphatic rings. The van der Waals surface area contributed by atoms with Gasteiger partial charge in [0.05, 0.1) is 6.10 Å². The lowest BCUT2D eigenvalue weighted by atomic mass is 9.96. The van der Waals surface area contributed by atoms with Gasteiger partial charge in [-0.05, 0) is 34.9 Å². The average Bonchev–Trinajstić information content (AvgIpc) is 3.19. The van der Waals surface area contributed by atoms with E-state index in [1.807, 2.05) is 72.8 Å². The number of hydrogen-bond acceptors (Lipinski definition) is 4. The molecular weight excluding hydrogens is 429 g/mol. The fraction of sp³-hybridized carbons (Fsp3) is 0.217. The molecule has 1 aliphatic heterocycles. The zero-order chi connectivity index (χ0) is 22.2. The molecule has 2 atom stereocenters. The smallest absolute Gasteiger partial charge is 0.381 e. The highest BCUT2D eigenvalue weighted by Crippen LogP contribution is 2.47. The van der Waals surface area contributed by atoms with Crippen molar-refractivity contribution in [2.24, 2.45) is 0 Å². The van der Waals surface area contributed by atoms with E-state index in [9.17, 15) is 21.6 Å². The number of fused-ring (bicyclic) bond motifs is 1. The van der Waals surface area contributed by atoms with Gasteiger partial charge in [0, 0.05) is 12.0 Å². The van der Waals surface area contributed by atoms with Crippen LogP contribution in [-0.2, 0) is 19.0 Å². The first-order chi connectivity index (χ1) is 14.7. The van der Waals surface area contributed by atoms with Crippen LogP contribution in [0.1, 0.15) is 36.7 Å². The Morgan fingerprint density at radius 3 is 2.26 bits per heavy atom. The molecule has 1 fully saturated rings. The SMILES string of the molecule is CC(OS(=O)(=O)C(F)(F)F)=C1C[C@H](c2ccccc2)O[C@@H]1c1ccc2ccccc2c1. The molecule has 0 radical (unpaired) electrons. The Bertz CT molecular complexity index is 1230. The average molecular weight is 448 g/mol. The number of benzene rings is 3. The molecule has 0 unspecified atom stereocenters. The molecule has 4 rings (SSSR count). The van der Waals surface area contributed by atoms with E-state index in [1.54, 1.807) is 0 Å². The number of halogens is 3. The molecule has 3 aromatic carbocycles. The van der Waals surface area contributed by atoms with Crippen LogP contribution < -0.4 is 0 Å². The summed E-state index contributed by atoms with van der Waals surface area (Å²) in [6.45, 7) is 1.23. The summed E-state index contributed by atoms with van der Waals surface area (Å²) in [4.78, 5) is 0. The molecule has 0 aromatic heterocycles. The van der Waals surface area contributed by atoms with Crippen molar-refractivity contribution in [3.8, 4) is 0 Å². The molecule has 0 bridgehead atoms. The third kappa shape index (κ3) is 4.31. The van der Waals surface area contributed by atoms with E-state index in [-0.39, 0.29) is 12.2 Å². The van der Waals surface area contributed by atoms with E-state index in [1.165, 1.54) is 6.92 Å². The van der Waals surface area contributed by atoms with Gasteiger partial charge in [0.15, 0.2) is 0 Å². The van der Waals surface area contributed by atoms with Crippen LogP contribution in [0.4, 0.5) is 13.2 Å². The second kappa shape index (κ2) is 8.01. The topological polar surface area (TPSA) is 52.6 Å². The van der Waals surface area contributed by atoms with Crippen molar-refractivity contribution in [2.75, 3.05) is 0 Å². The van der Waals surface area contributed by atoms with Gasteiger partial charge in [-0.2, -0.15) is 21.6 Å². The van der Waals surface area contributed by atoms with Gasteiger partial charge in [-0.15, -0.1) is 0 Å². The van der Waals surface area contributed by atoms with Crippen molar-refractivity contribution >= 4 is 20.9 Å². The van der Waals surface area contributed by atoms with Crippen LogP contribution in [0.15, 0.2) is 84.1 Å². The van der Waals surface area contributed by atoms with Crippen molar-refractivity contribution in [1.29, 1.82) is 0 Å². The normalized spacial score (nSPS) is 21.3. The van der Waals surface area contributed by atoms with E-state index in [0.717, 1.165) is 16.3 Å². The second-order valence-electron chi connectivity index (χ2n) is 7.29.